The molecule has 31 heavy (non-hydrogen) atoms. The van der Waals surface area contributed by atoms with Crippen LogP contribution in [0.4, 0.5) is 9.18 Å². The van der Waals surface area contributed by atoms with Crippen molar-refractivity contribution in [3.8, 4) is 0 Å². The summed E-state index contributed by atoms with van der Waals surface area (Å²) in [5.41, 5.74) is 9.32. The number of rotatable bonds is 1. The maximum absolute atomic E-state index is 16.6. The molecule has 0 aliphatic carbocycles. The molecule has 0 radical (unpaired) electrons. The summed E-state index contributed by atoms with van der Waals surface area (Å²) in [5, 5.41) is 7.70. The van der Waals surface area contributed by atoms with Crippen LogP contribution in [-0.4, -0.2) is 74.7 Å². The Morgan fingerprint density at radius 3 is 2.55 bits per heavy atom. The molecule has 0 aromatic carbocycles. The Bertz CT molecular complexity index is 995. The van der Waals surface area contributed by atoms with Crippen molar-refractivity contribution in [2.45, 2.75) is 70.5 Å². The average Bonchev–Trinajstić information content (AvgIpc) is 3.24. The zero-order valence-corrected chi connectivity index (χ0v) is 19.0. The summed E-state index contributed by atoms with van der Waals surface area (Å²) in [7, 11) is 2.05. The smallest absolute Gasteiger partial charge is 0.345 e. The van der Waals surface area contributed by atoms with Crippen LogP contribution in [0.15, 0.2) is 9.98 Å². The monoisotopic (exact) mass is 433 g/mol. The van der Waals surface area contributed by atoms with Gasteiger partial charge in [-0.15, -0.1) is 0 Å². The summed E-state index contributed by atoms with van der Waals surface area (Å²) in [6, 6.07) is -0.278. The van der Waals surface area contributed by atoms with E-state index in [1.54, 1.807) is 18.7 Å². The highest BCUT2D eigenvalue weighted by molar-refractivity contribution is 6.03. The Labute approximate surface area is 181 Å². The highest BCUT2D eigenvalue weighted by atomic mass is 19.1. The van der Waals surface area contributed by atoms with E-state index in [2.05, 4.69) is 46.2 Å². The maximum Gasteiger partial charge on any atom is 0.345 e. The van der Waals surface area contributed by atoms with Gasteiger partial charge < -0.3 is 21.7 Å². The van der Waals surface area contributed by atoms with E-state index in [1.165, 1.54) is 4.68 Å². The lowest BCUT2D eigenvalue weighted by Crippen LogP contribution is -2.63. The number of alkyl halides is 1. The van der Waals surface area contributed by atoms with E-state index >= 15 is 4.39 Å². The van der Waals surface area contributed by atoms with E-state index < -0.39 is 11.2 Å². The highest BCUT2D eigenvalue weighted by Gasteiger charge is 2.57. The van der Waals surface area contributed by atoms with E-state index in [0.717, 1.165) is 6.54 Å². The number of hydrogen-bond acceptors (Lipinski definition) is 8. The van der Waals surface area contributed by atoms with Crippen LogP contribution in [0.2, 0.25) is 0 Å². The first kappa shape index (κ1) is 21.7. The second-order valence-electron chi connectivity index (χ2n) is 9.93. The summed E-state index contributed by atoms with van der Waals surface area (Å²) in [5.74, 6) is -0.375. The second kappa shape index (κ2) is 6.73. The van der Waals surface area contributed by atoms with Gasteiger partial charge in [-0.1, -0.05) is 0 Å². The fourth-order valence-corrected chi connectivity index (χ4v) is 4.72. The first-order chi connectivity index (χ1) is 14.3. The lowest BCUT2D eigenvalue weighted by molar-refractivity contribution is 0.0256. The van der Waals surface area contributed by atoms with Gasteiger partial charge in [0.1, 0.15) is 17.1 Å². The van der Waals surface area contributed by atoms with Crippen molar-refractivity contribution in [3.63, 3.8) is 0 Å². The molecule has 3 aliphatic heterocycles. The third kappa shape index (κ3) is 3.05. The van der Waals surface area contributed by atoms with Gasteiger partial charge in [0.15, 0.2) is 0 Å². The number of fused-ring (bicyclic) bond motifs is 1. The Morgan fingerprint density at radius 1 is 1.23 bits per heavy atom. The van der Waals surface area contributed by atoms with E-state index in [-0.39, 0.29) is 35.1 Å². The third-order valence-corrected chi connectivity index (χ3v) is 6.92. The van der Waals surface area contributed by atoms with Gasteiger partial charge in [-0.05, 0) is 41.7 Å². The number of nitrogens with two attached hydrogens (primary N) is 2. The van der Waals surface area contributed by atoms with Crippen LogP contribution in [-0.2, 0) is 18.8 Å². The van der Waals surface area contributed by atoms with E-state index in [1.807, 2.05) is 6.92 Å². The Kier molecular flexibility index (Phi) is 4.71. The standard InChI is InChI=1S/C20H32FN9O/c1-11-9-28(6)18(2,3)10-29(11)17(31)30-13-8-24-7-12(13)14(27-30)20(21)15(22)25-16(23)26-19(20,4)5/h11,24H,7-10H2,1-6H3,(H4,22,23,25,26)/t11-,20?/m0/s1. The number of carbonyl (C=O) groups is 1. The Morgan fingerprint density at radius 2 is 1.90 bits per heavy atom. The van der Waals surface area contributed by atoms with Crippen LogP contribution in [0.1, 0.15) is 51.6 Å². The van der Waals surface area contributed by atoms with E-state index in [4.69, 9.17) is 11.5 Å². The quantitative estimate of drug-likeness (QED) is 0.591. The number of carbonyl (C=O) groups excluding carboxylic acids is 1. The van der Waals surface area contributed by atoms with Crippen LogP contribution >= 0.6 is 0 Å². The van der Waals surface area contributed by atoms with Crippen LogP contribution in [0.3, 0.4) is 0 Å². The predicted molar refractivity (Wildman–Crippen MR) is 117 cm³/mol. The Hall–Kier alpha value is -2.53. The summed E-state index contributed by atoms with van der Waals surface area (Å²) in [6.45, 7) is 11.5. The third-order valence-electron chi connectivity index (χ3n) is 6.92. The van der Waals surface area contributed by atoms with Crippen molar-refractivity contribution in [1.82, 2.24) is 24.9 Å². The van der Waals surface area contributed by atoms with Crippen molar-refractivity contribution in [1.29, 1.82) is 0 Å². The number of nitrogens with one attached hydrogen (secondary N) is 1. The van der Waals surface area contributed by atoms with Crippen molar-refractivity contribution >= 4 is 17.8 Å². The summed E-state index contributed by atoms with van der Waals surface area (Å²) in [6.07, 6.45) is 0. The van der Waals surface area contributed by atoms with Crippen LogP contribution in [0, 0.1) is 0 Å². The molecule has 2 atom stereocenters. The maximum atomic E-state index is 16.6. The second-order valence-corrected chi connectivity index (χ2v) is 9.93. The van der Waals surface area contributed by atoms with Gasteiger partial charge in [0, 0.05) is 43.3 Å². The minimum absolute atomic E-state index is 0.00956. The molecule has 0 saturated carbocycles. The van der Waals surface area contributed by atoms with Crippen molar-refractivity contribution in [2.24, 2.45) is 21.5 Å². The van der Waals surface area contributed by atoms with Gasteiger partial charge in [-0.2, -0.15) is 14.8 Å². The molecule has 4 rings (SSSR count). The highest BCUT2D eigenvalue weighted by Crippen LogP contribution is 2.44. The molecule has 1 aromatic heterocycles. The van der Waals surface area contributed by atoms with E-state index in [9.17, 15) is 4.79 Å². The van der Waals surface area contributed by atoms with Gasteiger partial charge in [-0.3, -0.25) is 4.90 Å². The topological polar surface area (TPSA) is 130 Å². The number of hydrogen-bond donors (Lipinski definition) is 3. The number of aliphatic imine (C=N–C) groups is 2. The first-order valence-corrected chi connectivity index (χ1v) is 10.5. The molecule has 0 spiro atoms. The lowest BCUT2D eigenvalue weighted by Gasteiger charge is -2.48. The molecule has 3 aliphatic rings. The normalized spacial score (nSPS) is 30.0. The average molecular weight is 434 g/mol. The molecule has 11 heteroatoms. The summed E-state index contributed by atoms with van der Waals surface area (Å²) in [4.78, 5) is 25.7. The Balaban J connectivity index is 1.79. The number of nitrogens with zero attached hydrogens (tertiary/aromatic N) is 6. The number of amides is 1. The molecule has 10 nitrogen and oxygen atoms in total. The number of piperazine rings is 1. The zero-order valence-electron chi connectivity index (χ0n) is 19.0. The van der Waals surface area contributed by atoms with Gasteiger partial charge in [0.25, 0.3) is 0 Å². The molecule has 1 fully saturated rings. The molecule has 1 saturated heterocycles. The predicted octanol–water partition coefficient (Wildman–Crippen LogP) is 0.498. The molecular weight excluding hydrogens is 401 g/mol. The molecule has 170 valence electrons. The number of guanidine groups is 1. The summed E-state index contributed by atoms with van der Waals surface area (Å²) >= 11 is 0. The van der Waals surface area contributed by atoms with Crippen LogP contribution in [0.5, 0.6) is 0 Å². The number of aromatic nitrogens is 2. The number of halogens is 1. The van der Waals surface area contributed by atoms with Gasteiger partial charge in [0.05, 0.1) is 5.69 Å². The van der Waals surface area contributed by atoms with Crippen LogP contribution in [0.25, 0.3) is 0 Å². The first-order valence-electron chi connectivity index (χ1n) is 10.5. The fraction of sp³-hybridized carbons (Fsp3) is 0.700. The van der Waals surface area contributed by atoms with Gasteiger partial charge >= 0.3 is 6.03 Å². The van der Waals surface area contributed by atoms with E-state index in [0.29, 0.717) is 30.9 Å². The fourth-order valence-electron chi connectivity index (χ4n) is 4.72. The molecule has 5 N–H and O–H groups in total. The van der Waals surface area contributed by atoms with Gasteiger partial charge in [-0.25, -0.2) is 14.2 Å². The van der Waals surface area contributed by atoms with Crippen LogP contribution < -0.4 is 16.8 Å². The zero-order chi connectivity index (χ0) is 22.9. The summed E-state index contributed by atoms with van der Waals surface area (Å²) < 4.78 is 17.9. The minimum atomic E-state index is -2.29. The molecule has 1 aromatic rings. The molecule has 1 amide bonds. The largest absolute Gasteiger partial charge is 0.384 e. The van der Waals surface area contributed by atoms with Crippen molar-refractivity contribution in [3.05, 3.63) is 17.0 Å². The minimum Gasteiger partial charge on any atom is -0.384 e. The number of likely N-dealkylation sites (N-methyl/N-ethyl adjacent to an activating group) is 1. The molecular formula is C20H32FN9O. The SMILES string of the molecule is C[C@H]1CN(C)C(C)(C)CN1C(=O)n1nc(C2(F)C(N)=NC(N)=NC2(C)C)c2c1CNC2. The van der Waals surface area contributed by atoms with Crippen molar-refractivity contribution in [2.75, 3.05) is 20.1 Å². The van der Waals surface area contributed by atoms with Crippen molar-refractivity contribution < 1.29 is 9.18 Å². The lowest BCUT2D eigenvalue weighted by atomic mass is 9.79. The van der Waals surface area contributed by atoms with Gasteiger partial charge in [0.2, 0.25) is 11.6 Å². The molecule has 1 unspecified atom stereocenters. The molecule has 4 heterocycles. The number of amidine groups is 1. The molecule has 0 bridgehead atoms.